The van der Waals surface area contributed by atoms with E-state index in [1.165, 1.54) is 15.9 Å². The summed E-state index contributed by atoms with van der Waals surface area (Å²) in [5.41, 5.74) is 4.06. The van der Waals surface area contributed by atoms with Crippen molar-refractivity contribution >= 4 is 34.5 Å². The molecular formula is C31H31N3O4S. The van der Waals surface area contributed by atoms with Crippen LogP contribution in [0.4, 0.5) is 5.69 Å². The van der Waals surface area contributed by atoms with Gasteiger partial charge >= 0.3 is 5.97 Å². The molecule has 1 atom stereocenters. The Morgan fingerprint density at radius 1 is 1.13 bits per heavy atom. The van der Waals surface area contributed by atoms with Gasteiger partial charge in [0.15, 0.2) is 4.80 Å². The van der Waals surface area contributed by atoms with E-state index in [-0.39, 0.29) is 23.5 Å². The van der Waals surface area contributed by atoms with Crippen molar-refractivity contribution in [3.8, 4) is 0 Å². The summed E-state index contributed by atoms with van der Waals surface area (Å²) in [7, 11) is 0. The largest absolute Gasteiger partial charge is 0.463 e. The number of carbonyl (C=O) groups is 2. The molecule has 200 valence electrons. The van der Waals surface area contributed by atoms with Crippen LogP contribution in [-0.2, 0) is 19.7 Å². The summed E-state index contributed by atoms with van der Waals surface area (Å²) in [6.45, 7) is 14.2. The summed E-state index contributed by atoms with van der Waals surface area (Å²) in [6, 6.07) is 14.6. The van der Waals surface area contributed by atoms with Gasteiger partial charge in [-0.1, -0.05) is 80.6 Å². The lowest BCUT2D eigenvalue weighted by atomic mass is 9.85. The second-order valence-corrected chi connectivity index (χ2v) is 11.6. The molecule has 1 aromatic heterocycles. The molecule has 0 radical (unpaired) electrons. The maximum Gasteiger partial charge on any atom is 0.338 e. The highest BCUT2D eigenvalue weighted by Crippen LogP contribution is 2.36. The third kappa shape index (κ3) is 4.38. The van der Waals surface area contributed by atoms with Crippen LogP contribution in [0.5, 0.6) is 0 Å². The number of thiazole rings is 1. The first-order chi connectivity index (χ1) is 18.6. The quantitative estimate of drug-likeness (QED) is 0.361. The Bertz CT molecular complexity index is 1720. The van der Waals surface area contributed by atoms with Crippen LogP contribution in [0.2, 0.25) is 0 Å². The zero-order valence-corrected chi connectivity index (χ0v) is 23.6. The number of ether oxygens (including phenoxy) is 1. The number of amides is 1. The maximum absolute atomic E-state index is 14.2. The lowest BCUT2D eigenvalue weighted by Gasteiger charge is -2.26. The van der Waals surface area contributed by atoms with Crippen molar-refractivity contribution in [2.24, 2.45) is 4.99 Å². The average molecular weight is 542 g/mol. The number of allylic oxidation sites excluding steroid dienone is 1. The van der Waals surface area contributed by atoms with Gasteiger partial charge in [-0.15, -0.1) is 6.58 Å². The fraction of sp³-hybridized carbons (Fsp3) is 0.290. The smallest absolute Gasteiger partial charge is 0.338 e. The SMILES string of the molecule is C=CCN1C(=O)C(=c2sc3n(c2=O)C(c2ccc(C(C)(C)C)cc2)C(C(=O)OCC)=C(C)N=3)c2ccccc21. The lowest BCUT2D eigenvalue weighted by Crippen LogP contribution is -2.41. The fourth-order valence-corrected chi connectivity index (χ4v) is 6.27. The molecule has 0 N–H and O–H groups in total. The third-order valence-corrected chi connectivity index (χ3v) is 8.10. The molecule has 0 saturated carbocycles. The summed E-state index contributed by atoms with van der Waals surface area (Å²) in [5, 5.41) is 0. The molecule has 1 amide bonds. The van der Waals surface area contributed by atoms with E-state index in [0.717, 1.165) is 16.8 Å². The molecule has 0 saturated heterocycles. The van der Waals surface area contributed by atoms with Gasteiger partial charge in [0.1, 0.15) is 4.53 Å². The monoisotopic (exact) mass is 541 g/mol. The van der Waals surface area contributed by atoms with E-state index < -0.39 is 12.0 Å². The zero-order chi connectivity index (χ0) is 28.1. The van der Waals surface area contributed by atoms with Gasteiger partial charge in [-0.3, -0.25) is 14.2 Å². The predicted octanol–water partition coefficient (Wildman–Crippen LogP) is 4.00. The second kappa shape index (κ2) is 9.93. The van der Waals surface area contributed by atoms with E-state index in [1.54, 1.807) is 24.8 Å². The van der Waals surface area contributed by atoms with Crippen molar-refractivity contribution in [1.82, 2.24) is 4.57 Å². The molecule has 7 nitrogen and oxygen atoms in total. The summed E-state index contributed by atoms with van der Waals surface area (Å²) in [6.07, 6.45) is 1.66. The van der Waals surface area contributed by atoms with E-state index in [4.69, 9.17) is 4.74 Å². The number of para-hydroxylation sites is 1. The number of carbonyl (C=O) groups excluding carboxylic acids is 2. The summed E-state index contributed by atoms with van der Waals surface area (Å²) < 4.78 is 7.23. The molecule has 3 aromatic rings. The Labute approximate surface area is 231 Å². The minimum absolute atomic E-state index is 0.0577. The Kier molecular flexibility index (Phi) is 6.76. The van der Waals surface area contributed by atoms with Crippen molar-refractivity contribution in [3.63, 3.8) is 0 Å². The van der Waals surface area contributed by atoms with E-state index in [1.807, 2.05) is 48.5 Å². The Morgan fingerprint density at radius 2 is 1.82 bits per heavy atom. The van der Waals surface area contributed by atoms with Crippen LogP contribution in [0, 0.1) is 0 Å². The first-order valence-electron chi connectivity index (χ1n) is 12.9. The molecule has 2 aliphatic heterocycles. The fourth-order valence-electron chi connectivity index (χ4n) is 5.13. The molecule has 0 fully saturated rings. The number of nitrogens with zero attached hydrogens (tertiary/aromatic N) is 3. The standard InChI is InChI=1S/C31H31N3O4S/c1-7-17-33-22-12-10-9-11-21(22)24(27(33)35)26-28(36)34-25(19-13-15-20(16-14-19)31(4,5)6)23(29(37)38-8-2)18(3)32-30(34)39-26/h7,9-16,25H,1,8,17H2,2-6H3. The lowest BCUT2D eigenvalue weighted by molar-refractivity contribution is -0.139. The third-order valence-electron chi connectivity index (χ3n) is 7.05. The van der Waals surface area contributed by atoms with E-state index >= 15 is 0 Å². The predicted molar refractivity (Wildman–Crippen MR) is 153 cm³/mol. The summed E-state index contributed by atoms with van der Waals surface area (Å²) in [4.78, 5) is 47.7. The van der Waals surface area contributed by atoms with Crippen LogP contribution in [0.3, 0.4) is 0 Å². The molecule has 39 heavy (non-hydrogen) atoms. The number of anilines is 1. The molecule has 0 bridgehead atoms. The summed E-state index contributed by atoms with van der Waals surface area (Å²) in [5.74, 6) is -0.769. The van der Waals surface area contributed by atoms with Gasteiger partial charge in [-0.05, 0) is 36.5 Å². The highest BCUT2D eigenvalue weighted by Gasteiger charge is 2.37. The van der Waals surface area contributed by atoms with Gasteiger partial charge < -0.3 is 9.64 Å². The zero-order valence-electron chi connectivity index (χ0n) is 22.8. The maximum atomic E-state index is 14.2. The number of rotatable bonds is 5. The van der Waals surface area contributed by atoms with Crippen molar-refractivity contribution in [2.45, 2.75) is 46.1 Å². The van der Waals surface area contributed by atoms with Crippen molar-refractivity contribution in [3.05, 3.63) is 109 Å². The van der Waals surface area contributed by atoms with Crippen molar-refractivity contribution < 1.29 is 14.3 Å². The van der Waals surface area contributed by atoms with E-state index in [2.05, 4.69) is 32.3 Å². The molecule has 2 aromatic carbocycles. The van der Waals surface area contributed by atoms with Gasteiger partial charge in [0, 0.05) is 12.1 Å². The second-order valence-electron chi connectivity index (χ2n) is 10.6. The molecule has 0 spiro atoms. The minimum atomic E-state index is -0.736. The summed E-state index contributed by atoms with van der Waals surface area (Å²) >= 11 is 1.17. The molecule has 5 rings (SSSR count). The van der Waals surface area contributed by atoms with Gasteiger partial charge in [0.2, 0.25) is 0 Å². The van der Waals surface area contributed by atoms with Gasteiger partial charge in [-0.2, -0.15) is 0 Å². The van der Waals surface area contributed by atoms with Gasteiger partial charge in [0.05, 0.1) is 35.2 Å². The highest BCUT2D eigenvalue weighted by molar-refractivity contribution is 7.07. The highest BCUT2D eigenvalue weighted by atomic mass is 32.1. The Balaban J connectivity index is 1.79. The number of hydrogen-bond donors (Lipinski definition) is 0. The molecular weight excluding hydrogens is 510 g/mol. The van der Waals surface area contributed by atoms with Crippen LogP contribution in [-0.4, -0.2) is 29.6 Å². The molecule has 8 heteroatoms. The number of hydrogen-bond acceptors (Lipinski definition) is 6. The number of esters is 1. The molecule has 0 aliphatic carbocycles. The van der Waals surface area contributed by atoms with Crippen LogP contribution >= 0.6 is 11.3 Å². The normalized spacial score (nSPS) is 18.0. The topological polar surface area (TPSA) is 81.0 Å². The van der Waals surface area contributed by atoms with Crippen molar-refractivity contribution in [2.75, 3.05) is 18.1 Å². The number of benzene rings is 2. The van der Waals surface area contributed by atoms with Crippen LogP contribution in [0.15, 0.2) is 82.2 Å². The van der Waals surface area contributed by atoms with Gasteiger partial charge in [-0.25, -0.2) is 9.79 Å². The minimum Gasteiger partial charge on any atom is -0.463 e. The molecule has 1 unspecified atom stereocenters. The first kappa shape index (κ1) is 26.6. The first-order valence-corrected chi connectivity index (χ1v) is 13.7. The molecule has 3 heterocycles. The van der Waals surface area contributed by atoms with Gasteiger partial charge in [0.25, 0.3) is 11.5 Å². The van der Waals surface area contributed by atoms with Crippen LogP contribution in [0.25, 0.3) is 5.57 Å². The van der Waals surface area contributed by atoms with E-state index in [0.29, 0.717) is 38.3 Å². The Morgan fingerprint density at radius 3 is 2.46 bits per heavy atom. The molecule has 2 aliphatic rings. The average Bonchev–Trinajstić information content (AvgIpc) is 3.36. The van der Waals surface area contributed by atoms with Crippen LogP contribution < -0.4 is 19.8 Å². The van der Waals surface area contributed by atoms with E-state index in [9.17, 15) is 14.4 Å². The van der Waals surface area contributed by atoms with Crippen LogP contribution in [0.1, 0.15) is 57.4 Å². The van der Waals surface area contributed by atoms with Crippen molar-refractivity contribution in [1.29, 1.82) is 0 Å². The number of aromatic nitrogens is 1. The number of fused-ring (bicyclic) bond motifs is 2. The Hall–Kier alpha value is -4.04.